The van der Waals surface area contributed by atoms with E-state index in [0.717, 1.165) is 18.4 Å². The molecule has 0 radical (unpaired) electrons. The minimum absolute atomic E-state index is 0.0345. The molecule has 1 aliphatic heterocycles. The van der Waals surface area contributed by atoms with Crippen LogP contribution in [0.25, 0.3) is 0 Å². The van der Waals surface area contributed by atoms with Crippen molar-refractivity contribution in [2.24, 2.45) is 0 Å². The zero-order valence-corrected chi connectivity index (χ0v) is 19.8. The van der Waals surface area contributed by atoms with Crippen LogP contribution in [-0.2, 0) is 29.2 Å². The Labute approximate surface area is 189 Å². The summed E-state index contributed by atoms with van der Waals surface area (Å²) in [6.45, 7) is 9.14. The Morgan fingerprint density at radius 1 is 1.23 bits per heavy atom. The number of ether oxygens (including phenoxy) is 4. The molecule has 1 N–H and O–H groups in total. The summed E-state index contributed by atoms with van der Waals surface area (Å²) < 4.78 is 21.6. The van der Waals surface area contributed by atoms with Crippen LogP contribution >= 0.6 is 11.6 Å². The predicted molar refractivity (Wildman–Crippen MR) is 118 cm³/mol. The third-order valence-corrected chi connectivity index (χ3v) is 5.39. The highest BCUT2D eigenvalue weighted by Crippen LogP contribution is 2.38. The molecule has 0 aromatic heterocycles. The number of benzene rings is 1. The van der Waals surface area contributed by atoms with E-state index in [4.69, 9.17) is 30.5 Å². The SMILES string of the molecule is CCOC(=O)C[C@H](NC(=O)OC(C)(C)C)c1cc(Cl)cc(C2(COC)CCOCC2)c1. The van der Waals surface area contributed by atoms with E-state index in [9.17, 15) is 9.59 Å². The van der Waals surface area contributed by atoms with Crippen LogP contribution in [0.2, 0.25) is 5.02 Å². The van der Waals surface area contributed by atoms with Crippen LogP contribution in [0.1, 0.15) is 64.1 Å². The van der Waals surface area contributed by atoms with Crippen molar-refractivity contribution in [1.29, 1.82) is 0 Å². The lowest BCUT2D eigenvalue weighted by Gasteiger charge is -2.37. The molecule has 7 nitrogen and oxygen atoms in total. The highest BCUT2D eigenvalue weighted by molar-refractivity contribution is 6.30. The maximum absolute atomic E-state index is 12.5. The molecule has 0 saturated carbocycles. The van der Waals surface area contributed by atoms with Crippen molar-refractivity contribution in [2.45, 2.75) is 64.0 Å². The Balaban J connectivity index is 2.39. The second-order valence-corrected chi connectivity index (χ2v) is 9.24. The Morgan fingerprint density at radius 3 is 2.48 bits per heavy atom. The molecule has 2 rings (SSSR count). The summed E-state index contributed by atoms with van der Waals surface area (Å²) in [6, 6.07) is 5.01. The van der Waals surface area contributed by atoms with Gasteiger partial charge in [0.1, 0.15) is 5.60 Å². The zero-order valence-electron chi connectivity index (χ0n) is 19.1. The first kappa shape index (κ1) is 25.4. The van der Waals surface area contributed by atoms with Gasteiger partial charge < -0.3 is 24.3 Å². The molecular weight excluding hydrogens is 422 g/mol. The lowest BCUT2D eigenvalue weighted by Crippen LogP contribution is -2.38. The van der Waals surface area contributed by atoms with Crippen molar-refractivity contribution < 1.29 is 28.5 Å². The van der Waals surface area contributed by atoms with E-state index in [2.05, 4.69) is 5.32 Å². The summed E-state index contributed by atoms with van der Waals surface area (Å²) in [5.74, 6) is -0.414. The number of alkyl carbamates (subject to hydrolysis) is 1. The topological polar surface area (TPSA) is 83.1 Å². The van der Waals surface area contributed by atoms with Gasteiger partial charge in [-0.05, 0) is 63.8 Å². The van der Waals surface area contributed by atoms with Gasteiger partial charge in [0.2, 0.25) is 0 Å². The molecule has 1 saturated heterocycles. The summed E-state index contributed by atoms with van der Waals surface area (Å²) in [7, 11) is 1.68. The van der Waals surface area contributed by atoms with E-state index in [1.807, 2.05) is 12.1 Å². The first-order valence-electron chi connectivity index (χ1n) is 10.6. The molecule has 31 heavy (non-hydrogen) atoms. The van der Waals surface area contributed by atoms with Crippen molar-refractivity contribution in [1.82, 2.24) is 5.32 Å². The van der Waals surface area contributed by atoms with Crippen molar-refractivity contribution in [2.75, 3.05) is 33.5 Å². The number of amides is 1. The molecule has 0 unspecified atom stereocenters. The van der Waals surface area contributed by atoms with Crippen LogP contribution in [0.3, 0.4) is 0 Å². The van der Waals surface area contributed by atoms with E-state index in [-0.39, 0.29) is 18.4 Å². The Hall–Kier alpha value is -1.83. The molecule has 0 spiro atoms. The van der Waals surface area contributed by atoms with Crippen LogP contribution in [0.5, 0.6) is 0 Å². The summed E-state index contributed by atoms with van der Waals surface area (Å²) in [4.78, 5) is 24.7. The second kappa shape index (κ2) is 11.2. The monoisotopic (exact) mass is 455 g/mol. The lowest BCUT2D eigenvalue weighted by molar-refractivity contribution is -0.143. The van der Waals surface area contributed by atoms with Crippen LogP contribution < -0.4 is 5.32 Å². The molecule has 1 aromatic carbocycles. The molecule has 8 heteroatoms. The van der Waals surface area contributed by atoms with Gasteiger partial charge in [-0.3, -0.25) is 4.79 Å². The number of esters is 1. The fourth-order valence-corrected chi connectivity index (χ4v) is 4.01. The van der Waals surface area contributed by atoms with E-state index in [1.54, 1.807) is 40.9 Å². The number of hydrogen-bond acceptors (Lipinski definition) is 6. The maximum Gasteiger partial charge on any atom is 0.408 e. The van der Waals surface area contributed by atoms with E-state index in [1.165, 1.54) is 0 Å². The van der Waals surface area contributed by atoms with Crippen molar-refractivity contribution in [3.8, 4) is 0 Å². The molecule has 0 bridgehead atoms. The minimum atomic E-state index is -0.664. The fourth-order valence-electron chi connectivity index (χ4n) is 3.76. The van der Waals surface area contributed by atoms with Crippen LogP contribution in [0, 0.1) is 0 Å². The predicted octanol–water partition coefficient (Wildman–Crippen LogP) is 4.55. The normalized spacial score (nSPS) is 17.0. The average molecular weight is 456 g/mol. The first-order chi connectivity index (χ1) is 14.6. The van der Waals surface area contributed by atoms with Crippen LogP contribution in [-0.4, -0.2) is 51.2 Å². The maximum atomic E-state index is 12.5. The van der Waals surface area contributed by atoms with Crippen LogP contribution in [0.15, 0.2) is 18.2 Å². The summed E-state index contributed by atoms with van der Waals surface area (Å²) in [6.07, 6.45) is 0.944. The number of hydrogen-bond donors (Lipinski definition) is 1. The van der Waals surface area contributed by atoms with Gasteiger partial charge >= 0.3 is 12.1 Å². The summed E-state index contributed by atoms with van der Waals surface area (Å²) in [5.41, 5.74) is 0.804. The Kier molecular flexibility index (Phi) is 9.15. The number of methoxy groups -OCH3 is 1. The Bertz CT molecular complexity index is 749. The number of carbonyl (C=O) groups is 2. The number of rotatable bonds is 8. The van der Waals surface area contributed by atoms with Gasteiger partial charge in [-0.15, -0.1) is 0 Å². The first-order valence-corrected chi connectivity index (χ1v) is 11.0. The average Bonchev–Trinajstić information content (AvgIpc) is 2.66. The van der Waals surface area contributed by atoms with Gasteiger partial charge in [0.25, 0.3) is 0 Å². The van der Waals surface area contributed by atoms with Gasteiger partial charge in [0.15, 0.2) is 0 Å². The van der Waals surface area contributed by atoms with Gasteiger partial charge in [0, 0.05) is 30.8 Å². The third kappa shape index (κ3) is 7.66. The molecule has 1 amide bonds. The molecule has 1 heterocycles. The van der Waals surface area contributed by atoms with Gasteiger partial charge in [-0.2, -0.15) is 0 Å². The van der Waals surface area contributed by atoms with Gasteiger partial charge in [0.05, 0.1) is 25.7 Å². The largest absolute Gasteiger partial charge is 0.466 e. The quantitative estimate of drug-likeness (QED) is 0.579. The highest BCUT2D eigenvalue weighted by Gasteiger charge is 2.36. The number of nitrogens with one attached hydrogen (secondary N) is 1. The van der Waals surface area contributed by atoms with Crippen LogP contribution in [0.4, 0.5) is 4.79 Å². The van der Waals surface area contributed by atoms with Gasteiger partial charge in [-0.25, -0.2) is 4.79 Å². The molecule has 1 atom stereocenters. The molecule has 0 aliphatic carbocycles. The van der Waals surface area contributed by atoms with Crippen molar-refractivity contribution in [3.63, 3.8) is 0 Å². The van der Waals surface area contributed by atoms with E-state index < -0.39 is 23.7 Å². The molecule has 174 valence electrons. The third-order valence-electron chi connectivity index (χ3n) is 5.17. The number of halogens is 1. The second-order valence-electron chi connectivity index (χ2n) is 8.81. The molecular formula is C23H34ClNO6. The van der Waals surface area contributed by atoms with E-state index >= 15 is 0 Å². The summed E-state index contributed by atoms with van der Waals surface area (Å²) in [5, 5.41) is 3.33. The van der Waals surface area contributed by atoms with Gasteiger partial charge in [-0.1, -0.05) is 17.7 Å². The lowest BCUT2D eigenvalue weighted by atomic mass is 9.74. The fraction of sp³-hybridized carbons (Fsp3) is 0.652. The van der Waals surface area contributed by atoms with Crippen molar-refractivity contribution >= 4 is 23.7 Å². The zero-order chi connectivity index (χ0) is 23.1. The minimum Gasteiger partial charge on any atom is -0.466 e. The standard InChI is InChI=1S/C23H34ClNO6/c1-6-30-20(26)14-19(25-21(27)31-22(2,3)4)16-11-17(13-18(24)12-16)23(15-28-5)7-9-29-10-8-23/h11-13,19H,6-10,14-15H2,1-5H3,(H,25,27)/t19-/m0/s1. The Morgan fingerprint density at radius 2 is 1.90 bits per heavy atom. The van der Waals surface area contributed by atoms with E-state index in [0.29, 0.717) is 30.4 Å². The number of carbonyl (C=O) groups excluding carboxylic acids is 2. The summed E-state index contributed by atoms with van der Waals surface area (Å²) >= 11 is 6.48. The molecule has 1 aromatic rings. The highest BCUT2D eigenvalue weighted by atomic mass is 35.5. The molecule has 1 fully saturated rings. The van der Waals surface area contributed by atoms with Crippen molar-refractivity contribution in [3.05, 3.63) is 34.3 Å². The molecule has 1 aliphatic rings. The smallest absolute Gasteiger partial charge is 0.408 e.